The van der Waals surface area contributed by atoms with E-state index in [1.807, 2.05) is 13.8 Å². The number of alkyl halides is 3. The Morgan fingerprint density at radius 3 is 2.58 bits per heavy atom. The summed E-state index contributed by atoms with van der Waals surface area (Å²) in [5.74, 6) is -0.500. The first kappa shape index (κ1) is 17.9. The normalized spacial score (nSPS) is 13.0. The zero-order valence-corrected chi connectivity index (χ0v) is 14.2. The summed E-state index contributed by atoms with van der Waals surface area (Å²) in [6, 6.07) is 9.32. The Labute approximate surface area is 147 Å². The van der Waals surface area contributed by atoms with Gasteiger partial charge < -0.3 is 5.32 Å². The average molecular weight is 362 g/mol. The fourth-order valence-electron chi connectivity index (χ4n) is 2.49. The van der Waals surface area contributed by atoms with Crippen LogP contribution in [-0.2, 0) is 6.18 Å². The van der Waals surface area contributed by atoms with Crippen LogP contribution in [0.15, 0.2) is 42.6 Å². The van der Waals surface area contributed by atoms with Crippen LogP contribution in [0.1, 0.15) is 36.3 Å². The standard InChI is InChI=1S/C18H17F3N4O/c1-3-11(2)23-17(26)13-10-22-25-15(18(19,20)21)9-14(24-16(13)25)12-7-5-4-6-8-12/h4-11H,3H2,1-2H3,(H,23,26). The molecule has 2 aromatic heterocycles. The van der Waals surface area contributed by atoms with E-state index in [4.69, 9.17) is 0 Å². The summed E-state index contributed by atoms with van der Waals surface area (Å²) in [6.45, 7) is 3.71. The minimum absolute atomic E-state index is 0.00795. The molecule has 1 amide bonds. The van der Waals surface area contributed by atoms with Crippen LogP contribution in [0.2, 0.25) is 0 Å². The van der Waals surface area contributed by atoms with E-state index in [9.17, 15) is 18.0 Å². The summed E-state index contributed by atoms with van der Waals surface area (Å²) in [7, 11) is 0. The van der Waals surface area contributed by atoms with Crippen molar-refractivity contribution < 1.29 is 18.0 Å². The molecule has 3 aromatic rings. The van der Waals surface area contributed by atoms with E-state index in [0.29, 0.717) is 16.5 Å². The number of hydrogen-bond acceptors (Lipinski definition) is 3. The summed E-state index contributed by atoms with van der Waals surface area (Å²) >= 11 is 0. The lowest BCUT2D eigenvalue weighted by atomic mass is 10.1. The van der Waals surface area contributed by atoms with Crippen LogP contribution >= 0.6 is 0 Å². The molecule has 8 heteroatoms. The Kier molecular flexibility index (Phi) is 4.67. The quantitative estimate of drug-likeness (QED) is 0.765. The minimum Gasteiger partial charge on any atom is -0.349 e. The van der Waals surface area contributed by atoms with Gasteiger partial charge in [-0.1, -0.05) is 37.3 Å². The highest BCUT2D eigenvalue weighted by molar-refractivity contribution is 6.00. The summed E-state index contributed by atoms with van der Waals surface area (Å²) in [6.07, 6.45) is -2.83. The van der Waals surface area contributed by atoms with Gasteiger partial charge in [-0.2, -0.15) is 18.3 Å². The number of rotatable bonds is 4. The number of aromatic nitrogens is 3. The van der Waals surface area contributed by atoms with Crippen molar-refractivity contribution in [3.8, 4) is 11.3 Å². The molecule has 0 fully saturated rings. The van der Waals surface area contributed by atoms with Crippen LogP contribution < -0.4 is 5.32 Å². The molecule has 2 heterocycles. The molecule has 0 radical (unpaired) electrons. The molecule has 1 unspecified atom stereocenters. The Morgan fingerprint density at radius 1 is 1.27 bits per heavy atom. The highest BCUT2D eigenvalue weighted by Gasteiger charge is 2.36. The van der Waals surface area contributed by atoms with Crippen molar-refractivity contribution in [2.24, 2.45) is 0 Å². The number of carbonyl (C=O) groups is 1. The third kappa shape index (κ3) is 3.40. The molecular formula is C18H17F3N4O. The van der Waals surface area contributed by atoms with Crippen molar-refractivity contribution in [1.82, 2.24) is 19.9 Å². The van der Waals surface area contributed by atoms with Gasteiger partial charge >= 0.3 is 6.18 Å². The second-order valence-electron chi connectivity index (χ2n) is 5.97. The van der Waals surface area contributed by atoms with Gasteiger partial charge in [-0.05, 0) is 19.4 Å². The van der Waals surface area contributed by atoms with Crippen LogP contribution in [0.5, 0.6) is 0 Å². The van der Waals surface area contributed by atoms with E-state index in [1.165, 1.54) is 0 Å². The second-order valence-corrected chi connectivity index (χ2v) is 5.97. The summed E-state index contributed by atoms with van der Waals surface area (Å²) in [4.78, 5) is 16.7. The summed E-state index contributed by atoms with van der Waals surface area (Å²) in [5.41, 5.74) is -0.449. The number of hydrogen-bond donors (Lipinski definition) is 1. The molecule has 0 aliphatic carbocycles. The van der Waals surface area contributed by atoms with E-state index in [0.717, 1.165) is 12.3 Å². The van der Waals surface area contributed by atoms with Crippen molar-refractivity contribution in [3.05, 3.63) is 53.9 Å². The number of fused-ring (bicyclic) bond motifs is 1. The highest BCUT2D eigenvalue weighted by atomic mass is 19.4. The lowest BCUT2D eigenvalue weighted by molar-refractivity contribution is -0.142. The Hall–Kier alpha value is -2.90. The lowest BCUT2D eigenvalue weighted by Crippen LogP contribution is -2.32. The molecule has 0 spiro atoms. The van der Waals surface area contributed by atoms with Crippen molar-refractivity contribution in [1.29, 1.82) is 0 Å². The molecule has 5 nitrogen and oxygen atoms in total. The zero-order valence-electron chi connectivity index (χ0n) is 14.2. The molecular weight excluding hydrogens is 345 g/mol. The first-order chi connectivity index (χ1) is 12.3. The predicted molar refractivity (Wildman–Crippen MR) is 90.6 cm³/mol. The summed E-state index contributed by atoms with van der Waals surface area (Å²) in [5, 5.41) is 6.48. The van der Waals surface area contributed by atoms with Crippen molar-refractivity contribution in [3.63, 3.8) is 0 Å². The maximum atomic E-state index is 13.5. The lowest BCUT2D eigenvalue weighted by Gasteiger charge is -2.13. The molecule has 136 valence electrons. The number of amides is 1. The minimum atomic E-state index is -4.64. The molecule has 1 N–H and O–H groups in total. The second kappa shape index (κ2) is 6.78. The van der Waals surface area contributed by atoms with Gasteiger partial charge in [-0.15, -0.1) is 0 Å². The molecule has 0 aliphatic rings. The maximum Gasteiger partial charge on any atom is 0.433 e. The number of benzene rings is 1. The monoisotopic (exact) mass is 362 g/mol. The van der Waals surface area contributed by atoms with E-state index in [1.54, 1.807) is 30.3 Å². The van der Waals surface area contributed by atoms with Crippen LogP contribution in [-0.4, -0.2) is 26.5 Å². The smallest absolute Gasteiger partial charge is 0.349 e. The number of nitrogens with zero attached hydrogens (tertiary/aromatic N) is 3. The zero-order chi connectivity index (χ0) is 18.9. The topological polar surface area (TPSA) is 59.3 Å². The van der Waals surface area contributed by atoms with Crippen LogP contribution in [0.4, 0.5) is 13.2 Å². The van der Waals surface area contributed by atoms with E-state index < -0.39 is 17.8 Å². The molecule has 1 atom stereocenters. The van der Waals surface area contributed by atoms with Crippen LogP contribution in [0.3, 0.4) is 0 Å². The predicted octanol–water partition coefficient (Wildman–Crippen LogP) is 3.94. The number of halogens is 3. The van der Waals surface area contributed by atoms with Gasteiger partial charge in [0.15, 0.2) is 11.3 Å². The first-order valence-corrected chi connectivity index (χ1v) is 8.13. The average Bonchev–Trinajstić information content (AvgIpc) is 3.04. The highest BCUT2D eigenvalue weighted by Crippen LogP contribution is 2.32. The molecule has 1 aromatic carbocycles. The fourth-order valence-corrected chi connectivity index (χ4v) is 2.49. The largest absolute Gasteiger partial charge is 0.433 e. The number of nitrogens with one attached hydrogen (secondary N) is 1. The fraction of sp³-hybridized carbons (Fsp3) is 0.278. The molecule has 0 saturated carbocycles. The maximum absolute atomic E-state index is 13.5. The third-order valence-electron chi connectivity index (χ3n) is 4.07. The SMILES string of the molecule is CCC(C)NC(=O)c1cnn2c(C(F)(F)F)cc(-c3ccccc3)nc12. The summed E-state index contributed by atoms with van der Waals surface area (Å²) < 4.78 is 41.2. The first-order valence-electron chi connectivity index (χ1n) is 8.13. The van der Waals surface area contributed by atoms with Gasteiger partial charge in [-0.25, -0.2) is 9.50 Å². The Morgan fingerprint density at radius 2 is 1.96 bits per heavy atom. The van der Waals surface area contributed by atoms with Crippen LogP contribution in [0.25, 0.3) is 16.9 Å². The van der Waals surface area contributed by atoms with Crippen molar-refractivity contribution in [2.75, 3.05) is 0 Å². The molecule has 0 bridgehead atoms. The third-order valence-corrected chi connectivity index (χ3v) is 4.07. The molecule has 0 aliphatic heterocycles. The number of carbonyl (C=O) groups excluding carboxylic acids is 1. The molecule has 26 heavy (non-hydrogen) atoms. The van der Waals surface area contributed by atoms with Gasteiger partial charge in [0.25, 0.3) is 5.91 Å². The van der Waals surface area contributed by atoms with Gasteiger partial charge in [0.05, 0.1) is 11.9 Å². The van der Waals surface area contributed by atoms with Gasteiger partial charge in [0.2, 0.25) is 0 Å². The Bertz CT molecular complexity index is 935. The van der Waals surface area contributed by atoms with Crippen molar-refractivity contribution in [2.45, 2.75) is 32.5 Å². The van der Waals surface area contributed by atoms with Gasteiger partial charge in [0.1, 0.15) is 5.56 Å². The van der Waals surface area contributed by atoms with Gasteiger partial charge in [-0.3, -0.25) is 4.79 Å². The van der Waals surface area contributed by atoms with E-state index >= 15 is 0 Å². The van der Waals surface area contributed by atoms with Gasteiger partial charge in [0, 0.05) is 11.6 Å². The van der Waals surface area contributed by atoms with Crippen molar-refractivity contribution >= 4 is 11.6 Å². The van der Waals surface area contributed by atoms with Crippen LogP contribution in [0, 0.1) is 0 Å². The molecule has 3 rings (SSSR count). The Balaban J connectivity index is 2.20. The molecule has 0 saturated heterocycles. The van der Waals surface area contributed by atoms with E-state index in [2.05, 4.69) is 15.4 Å². The van der Waals surface area contributed by atoms with E-state index in [-0.39, 0.29) is 22.9 Å².